The Kier molecular flexibility index (Phi) is 4.23. The van der Waals surface area contributed by atoms with Crippen LogP contribution in [0.3, 0.4) is 0 Å². The Morgan fingerprint density at radius 2 is 2.27 bits per heavy atom. The molecule has 0 saturated carbocycles. The van der Waals surface area contributed by atoms with Crippen LogP contribution in [0.1, 0.15) is 5.56 Å². The first-order valence-electron chi connectivity index (χ1n) is 3.16. The molecule has 0 aliphatic heterocycles. The van der Waals surface area contributed by atoms with Crippen molar-refractivity contribution in [2.24, 2.45) is 0 Å². The second-order valence-corrected chi connectivity index (χ2v) is 4.59. The van der Waals surface area contributed by atoms with Gasteiger partial charge in [0, 0.05) is 13.8 Å². The van der Waals surface area contributed by atoms with E-state index < -0.39 is 0 Å². The van der Waals surface area contributed by atoms with Crippen molar-refractivity contribution in [3.63, 3.8) is 0 Å². The first-order chi connectivity index (χ1) is 5.27. The van der Waals surface area contributed by atoms with Crippen molar-refractivity contribution in [1.29, 1.82) is 0 Å². The van der Waals surface area contributed by atoms with E-state index in [0.717, 1.165) is 4.43 Å². The van der Waals surface area contributed by atoms with Crippen LogP contribution < -0.4 is 0 Å². The van der Waals surface area contributed by atoms with Crippen LogP contribution in [-0.4, -0.2) is 6.26 Å². The molecular formula is C8H8BrIS. The van der Waals surface area contributed by atoms with Gasteiger partial charge in [-0.25, -0.2) is 0 Å². The molecule has 1 aromatic carbocycles. The van der Waals surface area contributed by atoms with E-state index in [-0.39, 0.29) is 0 Å². The summed E-state index contributed by atoms with van der Waals surface area (Å²) < 4.78 is 2.28. The van der Waals surface area contributed by atoms with Gasteiger partial charge in [0.2, 0.25) is 0 Å². The fourth-order valence-corrected chi connectivity index (χ4v) is 3.06. The third-order valence-corrected chi connectivity index (χ3v) is 3.69. The number of hydrogen-bond donors (Lipinski definition) is 0. The van der Waals surface area contributed by atoms with Gasteiger partial charge in [-0.15, -0.1) is 11.8 Å². The smallest absolute Gasteiger partial charge is 0.0258 e. The van der Waals surface area contributed by atoms with Gasteiger partial charge in [-0.2, -0.15) is 0 Å². The van der Waals surface area contributed by atoms with Crippen molar-refractivity contribution < 1.29 is 0 Å². The van der Waals surface area contributed by atoms with E-state index in [4.69, 9.17) is 0 Å². The van der Waals surface area contributed by atoms with E-state index >= 15 is 0 Å². The minimum Gasteiger partial charge on any atom is -0.130 e. The third-order valence-electron chi connectivity index (χ3n) is 1.40. The van der Waals surface area contributed by atoms with Gasteiger partial charge < -0.3 is 0 Å². The number of benzene rings is 1. The second-order valence-electron chi connectivity index (χ2n) is 2.09. The standard InChI is InChI=1S/C8H8BrIS/c1-11-7-3-2-6(5-10)8(9)4-7/h2-4H,5H2,1H3. The van der Waals surface area contributed by atoms with Crippen molar-refractivity contribution in [3.05, 3.63) is 28.2 Å². The molecule has 0 spiro atoms. The molecule has 0 unspecified atom stereocenters. The monoisotopic (exact) mass is 342 g/mol. The molecule has 0 amide bonds. The highest BCUT2D eigenvalue weighted by molar-refractivity contribution is 14.1. The van der Waals surface area contributed by atoms with E-state index in [2.05, 4.69) is 63.0 Å². The Balaban J connectivity index is 2.99. The summed E-state index contributed by atoms with van der Waals surface area (Å²) in [4.78, 5) is 1.31. The van der Waals surface area contributed by atoms with Crippen LogP contribution >= 0.6 is 50.3 Å². The van der Waals surface area contributed by atoms with Gasteiger partial charge in [0.25, 0.3) is 0 Å². The lowest BCUT2D eigenvalue weighted by atomic mass is 10.2. The lowest BCUT2D eigenvalue weighted by Gasteiger charge is -2.01. The Hall–Kier alpha value is 0.780. The summed E-state index contributed by atoms with van der Waals surface area (Å²) in [5.74, 6) is 0. The van der Waals surface area contributed by atoms with Gasteiger partial charge in [0.15, 0.2) is 0 Å². The number of halogens is 2. The Labute approximate surface area is 93.4 Å². The molecule has 0 nitrogen and oxygen atoms in total. The van der Waals surface area contributed by atoms with Gasteiger partial charge in [-0.1, -0.05) is 44.6 Å². The maximum atomic E-state index is 3.53. The molecule has 0 heterocycles. The summed E-state index contributed by atoms with van der Waals surface area (Å²) in [6, 6.07) is 6.49. The van der Waals surface area contributed by atoms with Crippen molar-refractivity contribution >= 4 is 50.3 Å². The molecule has 11 heavy (non-hydrogen) atoms. The van der Waals surface area contributed by atoms with Gasteiger partial charge in [0.05, 0.1) is 0 Å². The SMILES string of the molecule is CSc1ccc(CI)c(Br)c1. The molecule has 0 bridgehead atoms. The zero-order chi connectivity index (χ0) is 8.27. The summed E-state index contributed by atoms with van der Waals surface area (Å²) in [6.45, 7) is 0. The summed E-state index contributed by atoms with van der Waals surface area (Å²) in [7, 11) is 0. The molecule has 0 atom stereocenters. The quantitative estimate of drug-likeness (QED) is 0.443. The first-order valence-corrected chi connectivity index (χ1v) is 6.70. The van der Waals surface area contributed by atoms with E-state index in [0.29, 0.717) is 0 Å². The number of rotatable bonds is 2. The highest BCUT2D eigenvalue weighted by Crippen LogP contribution is 2.25. The summed E-state index contributed by atoms with van der Waals surface area (Å²) in [5.41, 5.74) is 1.36. The van der Waals surface area contributed by atoms with Crippen LogP contribution in [0.2, 0.25) is 0 Å². The number of thioether (sulfide) groups is 1. The maximum absolute atomic E-state index is 3.53. The topological polar surface area (TPSA) is 0 Å². The first kappa shape index (κ1) is 9.86. The molecule has 60 valence electrons. The molecule has 0 N–H and O–H groups in total. The van der Waals surface area contributed by atoms with E-state index in [9.17, 15) is 0 Å². The zero-order valence-electron chi connectivity index (χ0n) is 6.10. The van der Waals surface area contributed by atoms with Crippen LogP contribution in [0, 0.1) is 0 Å². The highest BCUT2D eigenvalue weighted by Gasteiger charge is 1.98. The van der Waals surface area contributed by atoms with E-state index in [1.165, 1.54) is 14.9 Å². The predicted octanol–water partition coefficient (Wildman–Crippen LogP) is 4.11. The normalized spacial score (nSPS) is 10.1. The predicted molar refractivity (Wildman–Crippen MR) is 63.6 cm³/mol. The minimum atomic E-state index is 1.06. The van der Waals surface area contributed by atoms with Gasteiger partial charge in [-0.3, -0.25) is 0 Å². The molecule has 1 aromatic rings. The second kappa shape index (κ2) is 4.72. The summed E-state index contributed by atoms with van der Waals surface area (Å²) in [5, 5.41) is 0. The lowest BCUT2D eigenvalue weighted by molar-refractivity contribution is 1.34. The number of hydrogen-bond acceptors (Lipinski definition) is 1. The molecule has 1 rings (SSSR count). The van der Waals surface area contributed by atoms with Crippen LogP contribution in [0.15, 0.2) is 27.6 Å². The van der Waals surface area contributed by atoms with Gasteiger partial charge in [0.1, 0.15) is 0 Å². The third kappa shape index (κ3) is 2.63. The fourth-order valence-electron chi connectivity index (χ4n) is 0.763. The molecule has 0 aliphatic rings. The maximum Gasteiger partial charge on any atom is 0.0258 e. The van der Waals surface area contributed by atoms with Crippen molar-refractivity contribution in [2.75, 3.05) is 6.26 Å². The van der Waals surface area contributed by atoms with E-state index in [1.807, 2.05) is 0 Å². The fraction of sp³-hybridized carbons (Fsp3) is 0.250. The summed E-state index contributed by atoms with van der Waals surface area (Å²) in [6.07, 6.45) is 2.09. The highest BCUT2D eigenvalue weighted by atomic mass is 127. The molecule has 3 heteroatoms. The average Bonchev–Trinajstić information content (AvgIpc) is 2.04. The minimum absolute atomic E-state index is 1.06. The van der Waals surface area contributed by atoms with Crippen molar-refractivity contribution in [3.8, 4) is 0 Å². The average molecular weight is 343 g/mol. The van der Waals surface area contributed by atoms with Crippen LogP contribution in [0.4, 0.5) is 0 Å². The number of alkyl halides is 1. The summed E-state index contributed by atoms with van der Waals surface area (Å²) >= 11 is 7.67. The van der Waals surface area contributed by atoms with Crippen LogP contribution in [0.5, 0.6) is 0 Å². The lowest BCUT2D eigenvalue weighted by Crippen LogP contribution is -1.79. The molecule has 0 fully saturated rings. The Morgan fingerprint density at radius 3 is 2.73 bits per heavy atom. The molecule has 0 aliphatic carbocycles. The Bertz CT molecular complexity index is 250. The molecular weight excluding hydrogens is 335 g/mol. The van der Waals surface area contributed by atoms with Crippen LogP contribution in [0.25, 0.3) is 0 Å². The van der Waals surface area contributed by atoms with Gasteiger partial charge >= 0.3 is 0 Å². The van der Waals surface area contributed by atoms with Crippen molar-refractivity contribution in [1.82, 2.24) is 0 Å². The van der Waals surface area contributed by atoms with Crippen molar-refractivity contribution in [2.45, 2.75) is 9.32 Å². The molecule has 0 aromatic heterocycles. The van der Waals surface area contributed by atoms with E-state index in [1.54, 1.807) is 11.8 Å². The zero-order valence-corrected chi connectivity index (χ0v) is 10.7. The Morgan fingerprint density at radius 1 is 1.55 bits per heavy atom. The molecule has 0 radical (unpaired) electrons. The largest absolute Gasteiger partial charge is 0.130 e. The van der Waals surface area contributed by atoms with Gasteiger partial charge in [-0.05, 0) is 24.0 Å². The molecule has 0 saturated heterocycles. The van der Waals surface area contributed by atoms with Crippen LogP contribution in [-0.2, 0) is 4.43 Å².